The van der Waals surface area contributed by atoms with Crippen molar-refractivity contribution in [2.24, 2.45) is 0 Å². The molecule has 0 saturated carbocycles. The van der Waals surface area contributed by atoms with E-state index in [1.54, 1.807) is 24.8 Å². The molecule has 4 rings (SSSR count). The molecule has 0 saturated heterocycles. The van der Waals surface area contributed by atoms with Crippen LogP contribution < -0.4 is 14.8 Å². The largest absolute Gasteiger partial charge is 0.495 e. The average Bonchev–Trinajstić information content (AvgIpc) is 3.14. The summed E-state index contributed by atoms with van der Waals surface area (Å²) >= 11 is 1.60. The highest BCUT2D eigenvalue weighted by molar-refractivity contribution is 7.17. The maximum atomic E-state index is 5.55. The summed E-state index contributed by atoms with van der Waals surface area (Å²) in [6.07, 6.45) is 1.58. The molecule has 0 amide bonds. The molecule has 0 aliphatic heterocycles. The number of nitrogens with one attached hydrogen (secondary N) is 1. The van der Waals surface area contributed by atoms with Crippen molar-refractivity contribution in [1.29, 1.82) is 0 Å². The van der Waals surface area contributed by atoms with Crippen LogP contribution in [0.2, 0.25) is 0 Å². The summed E-state index contributed by atoms with van der Waals surface area (Å²) in [7, 11) is 1.66. The van der Waals surface area contributed by atoms with E-state index in [-0.39, 0.29) is 0 Å². The lowest BCUT2D eigenvalue weighted by Gasteiger charge is -2.12. The van der Waals surface area contributed by atoms with Crippen molar-refractivity contribution in [3.05, 3.63) is 60.2 Å². The molecular weight excluding hydrogens is 358 g/mol. The van der Waals surface area contributed by atoms with Crippen LogP contribution in [0.1, 0.15) is 6.92 Å². The summed E-state index contributed by atoms with van der Waals surface area (Å²) in [5.74, 6) is 2.39. The Kier molecular flexibility index (Phi) is 4.89. The SMILES string of the molecule is CCOc1ccc(-c2csc3ncnc(Nc4ccccc4OC)c23)cc1. The molecule has 2 heterocycles. The number of aromatic nitrogens is 2. The Morgan fingerprint density at radius 3 is 2.63 bits per heavy atom. The van der Waals surface area contributed by atoms with Gasteiger partial charge in [-0.25, -0.2) is 9.97 Å². The number of anilines is 2. The maximum Gasteiger partial charge on any atom is 0.143 e. The lowest BCUT2D eigenvalue weighted by Crippen LogP contribution is -1.98. The van der Waals surface area contributed by atoms with E-state index < -0.39 is 0 Å². The quantitative estimate of drug-likeness (QED) is 0.480. The second-order valence-electron chi connectivity index (χ2n) is 5.83. The van der Waals surface area contributed by atoms with Gasteiger partial charge < -0.3 is 14.8 Å². The van der Waals surface area contributed by atoms with E-state index in [1.807, 2.05) is 43.3 Å². The number of benzene rings is 2. The van der Waals surface area contributed by atoms with Crippen LogP contribution in [0.5, 0.6) is 11.5 Å². The summed E-state index contributed by atoms with van der Waals surface area (Å²) in [5.41, 5.74) is 3.06. The van der Waals surface area contributed by atoms with Crippen molar-refractivity contribution < 1.29 is 9.47 Å². The van der Waals surface area contributed by atoms with E-state index >= 15 is 0 Å². The number of fused-ring (bicyclic) bond motifs is 1. The number of rotatable bonds is 6. The van der Waals surface area contributed by atoms with Gasteiger partial charge in [0.15, 0.2) is 0 Å². The third-order valence-electron chi connectivity index (χ3n) is 4.21. The van der Waals surface area contributed by atoms with Gasteiger partial charge >= 0.3 is 0 Å². The molecule has 5 nitrogen and oxygen atoms in total. The maximum absolute atomic E-state index is 5.55. The van der Waals surface area contributed by atoms with Crippen LogP contribution >= 0.6 is 11.3 Å². The first-order valence-corrected chi connectivity index (χ1v) is 9.53. The van der Waals surface area contributed by atoms with E-state index in [9.17, 15) is 0 Å². The zero-order chi connectivity index (χ0) is 18.6. The molecule has 0 bridgehead atoms. The van der Waals surface area contributed by atoms with Gasteiger partial charge in [0.25, 0.3) is 0 Å². The molecule has 4 aromatic rings. The zero-order valence-electron chi connectivity index (χ0n) is 15.1. The Balaban J connectivity index is 1.77. The van der Waals surface area contributed by atoms with Crippen molar-refractivity contribution in [2.45, 2.75) is 6.92 Å². The van der Waals surface area contributed by atoms with E-state index in [0.717, 1.165) is 44.3 Å². The smallest absolute Gasteiger partial charge is 0.143 e. The molecule has 6 heteroatoms. The molecule has 0 fully saturated rings. The monoisotopic (exact) mass is 377 g/mol. The average molecular weight is 377 g/mol. The lowest BCUT2D eigenvalue weighted by molar-refractivity contribution is 0.340. The standard InChI is InChI=1S/C21H19N3O2S/c1-3-26-15-10-8-14(9-11-15)16-12-27-21-19(16)20(22-13-23-21)24-17-6-4-5-7-18(17)25-2/h4-13H,3H2,1-2H3,(H,22,23,24). The predicted octanol–water partition coefficient (Wildman–Crippen LogP) is 5.51. The van der Waals surface area contributed by atoms with Crippen LogP contribution in [0.3, 0.4) is 0 Å². The van der Waals surface area contributed by atoms with Crippen LogP contribution in [0.25, 0.3) is 21.3 Å². The summed E-state index contributed by atoms with van der Waals surface area (Å²) in [6.45, 7) is 2.63. The van der Waals surface area contributed by atoms with Gasteiger partial charge in [-0.2, -0.15) is 0 Å². The fourth-order valence-corrected chi connectivity index (χ4v) is 3.87. The number of para-hydroxylation sites is 2. The van der Waals surface area contributed by atoms with E-state index in [4.69, 9.17) is 9.47 Å². The molecule has 0 atom stereocenters. The van der Waals surface area contributed by atoms with E-state index in [0.29, 0.717) is 6.61 Å². The Hall–Kier alpha value is -3.12. The first-order valence-electron chi connectivity index (χ1n) is 8.65. The fraction of sp³-hybridized carbons (Fsp3) is 0.143. The molecule has 2 aromatic heterocycles. The summed E-state index contributed by atoms with van der Waals surface area (Å²) in [5, 5.41) is 6.51. The Morgan fingerprint density at radius 1 is 1.04 bits per heavy atom. The number of methoxy groups -OCH3 is 1. The molecule has 27 heavy (non-hydrogen) atoms. The van der Waals surface area contributed by atoms with Crippen LogP contribution in [-0.4, -0.2) is 23.7 Å². The van der Waals surface area contributed by atoms with Gasteiger partial charge in [0.05, 0.1) is 24.8 Å². The molecule has 0 unspecified atom stereocenters. The van der Waals surface area contributed by atoms with Crippen molar-refractivity contribution in [2.75, 3.05) is 19.0 Å². The summed E-state index contributed by atoms with van der Waals surface area (Å²) < 4.78 is 11.0. The molecule has 136 valence electrons. The van der Waals surface area contributed by atoms with Gasteiger partial charge in [-0.1, -0.05) is 24.3 Å². The Labute approximate surface area is 161 Å². The van der Waals surface area contributed by atoms with Crippen molar-refractivity contribution in [3.63, 3.8) is 0 Å². The first kappa shape index (κ1) is 17.3. The minimum Gasteiger partial charge on any atom is -0.495 e. The number of hydrogen-bond acceptors (Lipinski definition) is 6. The summed E-state index contributed by atoms with van der Waals surface area (Å²) in [6, 6.07) is 15.9. The van der Waals surface area contributed by atoms with Gasteiger partial charge in [-0.05, 0) is 36.8 Å². The first-order chi connectivity index (χ1) is 13.3. The van der Waals surface area contributed by atoms with Crippen LogP contribution in [0, 0.1) is 0 Å². The molecular formula is C21H19N3O2S. The number of hydrogen-bond donors (Lipinski definition) is 1. The molecule has 1 N–H and O–H groups in total. The van der Waals surface area contributed by atoms with Gasteiger partial charge in [0.2, 0.25) is 0 Å². The van der Waals surface area contributed by atoms with Crippen molar-refractivity contribution in [1.82, 2.24) is 9.97 Å². The second kappa shape index (κ2) is 7.63. The van der Waals surface area contributed by atoms with Crippen LogP contribution in [0.4, 0.5) is 11.5 Å². The predicted molar refractivity (Wildman–Crippen MR) is 110 cm³/mol. The van der Waals surface area contributed by atoms with Crippen LogP contribution in [0.15, 0.2) is 60.2 Å². The third-order valence-corrected chi connectivity index (χ3v) is 5.09. The fourth-order valence-electron chi connectivity index (χ4n) is 2.96. The van der Waals surface area contributed by atoms with Crippen molar-refractivity contribution >= 4 is 33.1 Å². The minimum absolute atomic E-state index is 0.654. The second-order valence-corrected chi connectivity index (χ2v) is 6.69. The van der Waals surface area contributed by atoms with E-state index in [1.165, 1.54) is 0 Å². The normalized spacial score (nSPS) is 10.7. The molecule has 0 spiro atoms. The third kappa shape index (κ3) is 3.44. The molecule has 2 aromatic carbocycles. The molecule has 0 radical (unpaired) electrons. The van der Waals surface area contributed by atoms with Gasteiger partial charge in [-0.3, -0.25) is 0 Å². The van der Waals surface area contributed by atoms with Gasteiger partial charge in [0.1, 0.15) is 28.5 Å². The summed E-state index contributed by atoms with van der Waals surface area (Å²) in [4.78, 5) is 9.85. The highest BCUT2D eigenvalue weighted by atomic mass is 32.1. The highest BCUT2D eigenvalue weighted by Crippen LogP contribution is 2.38. The lowest BCUT2D eigenvalue weighted by atomic mass is 10.1. The van der Waals surface area contributed by atoms with E-state index in [2.05, 4.69) is 32.8 Å². The van der Waals surface area contributed by atoms with Crippen LogP contribution in [-0.2, 0) is 0 Å². The number of nitrogens with zero attached hydrogens (tertiary/aromatic N) is 2. The topological polar surface area (TPSA) is 56.3 Å². The van der Waals surface area contributed by atoms with Crippen molar-refractivity contribution in [3.8, 4) is 22.6 Å². The van der Waals surface area contributed by atoms with Gasteiger partial charge in [0, 0.05) is 10.9 Å². The highest BCUT2D eigenvalue weighted by Gasteiger charge is 2.14. The molecule has 0 aliphatic rings. The minimum atomic E-state index is 0.654. The molecule has 0 aliphatic carbocycles. The number of thiophene rings is 1. The Morgan fingerprint density at radius 2 is 1.85 bits per heavy atom. The Bertz CT molecular complexity index is 1060. The zero-order valence-corrected chi connectivity index (χ0v) is 15.9. The number of ether oxygens (including phenoxy) is 2. The van der Waals surface area contributed by atoms with Gasteiger partial charge in [-0.15, -0.1) is 11.3 Å².